The van der Waals surface area contributed by atoms with E-state index in [4.69, 9.17) is 0 Å². The van der Waals surface area contributed by atoms with Gasteiger partial charge in [-0.2, -0.15) is 0 Å². The second-order valence-electron chi connectivity index (χ2n) is 5.51. The van der Waals surface area contributed by atoms with Crippen LogP contribution in [0, 0.1) is 10.1 Å². The summed E-state index contributed by atoms with van der Waals surface area (Å²) in [5.74, 6) is 0. The smallest absolute Gasteiger partial charge is 0.292 e. The standard InChI is InChI=1S/C17H19BrN2O4/c1-2-17(22,13-4-6-14(18)7-5-13)11-19-15-9-12(10-21)3-8-16(15)20(23)24/h3-9,19,21-22H,2,10-11H2,1H3. The maximum Gasteiger partial charge on any atom is 0.292 e. The molecular formula is C17H19BrN2O4. The summed E-state index contributed by atoms with van der Waals surface area (Å²) in [5, 5.41) is 34.2. The molecule has 0 spiro atoms. The molecular weight excluding hydrogens is 376 g/mol. The summed E-state index contributed by atoms with van der Waals surface area (Å²) in [7, 11) is 0. The molecule has 0 aromatic heterocycles. The molecule has 1 unspecified atom stereocenters. The van der Waals surface area contributed by atoms with Crippen LogP contribution in [0.5, 0.6) is 0 Å². The van der Waals surface area contributed by atoms with Crippen LogP contribution in [0.15, 0.2) is 46.9 Å². The molecule has 2 rings (SSSR count). The van der Waals surface area contributed by atoms with Crippen molar-refractivity contribution in [2.75, 3.05) is 11.9 Å². The molecule has 0 radical (unpaired) electrons. The molecule has 2 aromatic rings. The minimum absolute atomic E-state index is 0.0959. The Morgan fingerprint density at radius 3 is 2.46 bits per heavy atom. The number of hydrogen-bond acceptors (Lipinski definition) is 5. The lowest BCUT2D eigenvalue weighted by Crippen LogP contribution is -2.33. The van der Waals surface area contributed by atoms with Gasteiger partial charge in [-0.15, -0.1) is 0 Å². The molecule has 1 atom stereocenters. The highest BCUT2D eigenvalue weighted by Gasteiger charge is 2.28. The lowest BCUT2D eigenvalue weighted by molar-refractivity contribution is -0.384. The zero-order chi connectivity index (χ0) is 17.7. The van der Waals surface area contributed by atoms with E-state index in [0.29, 0.717) is 12.0 Å². The number of aliphatic hydroxyl groups excluding tert-OH is 1. The molecule has 0 amide bonds. The molecule has 0 fully saturated rings. The molecule has 6 nitrogen and oxygen atoms in total. The fourth-order valence-corrected chi connectivity index (χ4v) is 2.68. The molecule has 0 aliphatic heterocycles. The maximum absolute atomic E-state index is 11.2. The number of nitro groups is 1. The van der Waals surface area contributed by atoms with E-state index in [-0.39, 0.29) is 24.5 Å². The first-order chi connectivity index (χ1) is 11.4. The second kappa shape index (κ2) is 7.74. The topological polar surface area (TPSA) is 95.6 Å². The normalized spacial score (nSPS) is 13.3. The van der Waals surface area contributed by atoms with Gasteiger partial charge in [0.25, 0.3) is 5.69 Å². The Labute approximate surface area is 148 Å². The molecule has 128 valence electrons. The number of benzene rings is 2. The first kappa shape index (κ1) is 18.4. The Morgan fingerprint density at radius 1 is 1.25 bits per heavy atom. The van der Waals surface area contributed by atoms with Gasteiger partial charge in [-0.05, 0) is 41.8 Å². The lowest BCUT2D eigenvalue weighted by atomic mass is 9.91. The third-order valence-corrected chi connectivity index (χ3v) is 4.51. The fraction of sp³-hybridized carbons (Fsp3) is 0.294. The molecule has 0 saturated heterocycles. The van der Waals surface area contributed by atoms with Gasteiger partial charge in [0.05, 0.1) is 11.5 Å². The SMILES string of the molecule is CCC(O)(CNc1cc(CO)ccc1[N+](=O)[O-])c1ccc(Br)cc1. The monoisotopic (exact) mass is 394 g/mol. The number of halogens is 1. The highest BCUT2D eigenvalue weighted by atomic mass is 79.9. The molecule has 3 N–H and O–H groups in total. The minimum atomic E-state index is -1.16. The summed E-state index contributed by atoms with van der Waals surface area (Å²) in [4.78, 5) is 10.7. The molecule has 0 aliphatic rings. The molecule has 24 heavy (non-hydrogen) atoms. The van der Waals surface area contributed by atoms with E-state index in [1.165, 1.54) is 18.2 Å². The van der Waals surface area contributed by atoms with Crippen LogP contribution in [0.1, 0.15) is 24.5 Å². The van der Waals surface area contributed by atoms with Gasteiger partial charge in [0, 0.05) is 17.1 Å². The van der Waals surface area contributed by atoms with Gasteiger partial charge in [-0.1, -0.05) is 35.0 Å². The Bertz CT molecular complexity index is 721. The Hall–Kier alpha value is -1.96. The average Bonchev–Trinajstić information content (AvgIpc) is 2.59. The van der Waals surface area contributed by atoms with Gasteiger partial charge < -0.3 is 15.5 Å². The quantitative estimate of drug-likeness (QED) is 0.492. The summed E-state index contributed by atoms with van der Waals surface area (Å²) >= 11 is 3.36. The summed E-state index contributed by atoms with van der Waals surface area (Å²) in [6, 6.07) is 11.7. The summed E-state index contributed by atoms with van der Waals surface area (Å²) in [5.41, 5.74) is 0.300. The van der Waals surface area contributed by atoms with Gasteiger partial charge in [-0.3, -0.25) is 10.1 Å². The van der Waals surface area contributed by atoms with Crippen molar-refractivity contribution in [3.63, 3.8) is 0 Å². The molecule has 0 bridgehead atoms. The van der Waals surface area contributed by atoms with Crippen LogP contribution in [-0.4, -0.2) is 21.7 Å². The van der Waals surface area contributed by atoms with Crippen molar-refractivity contribution in [1.29, 1.82) is 0 Å². The third-order valence-electron chi connectivity index (χ3n) is 3.98. The molecule has 0 aliphatic carbocycles. The van der Waals surface area contributed by atoms with Crippen molar-refractivity contribution in [3.8, 4) is 0 Å². The van der Waals surface area contributed by atoms with Crippen molar-refractivity contribution in [1.82, 2.24) is 0 Å². The van der Waals surface area contributed by atoms with Crippen molar-refractivity contribution >= 4 is 27.3 Å². The first-order valence-electron chi connectivity index (χ1n) is 7.50. The molecule has 0 saturated carbocycles. The summed E-state index contributed by atoms with van der Waals surface area (Å²) < 4.78 is 0.906. The molecule has 0 heterocycles. The van der Waals surface area contributed by atoms with Crippen LogP contribution < -0.4 is 5.32 Å². The van der Waals surface area contributed by atoms with Crippen LogP contribution in [-0.2, 0) is 12.2 Å². The Balaban J connectivity index is 2.27. The van der Waals surface area contributed by atoms with Gasteiger partial charge in [-0.25, -0.2) is 0 Å². The number of aliphatic hydroxyl groups is 2. The predicted molar refractivity (Wildman–Crippen MR) is 95.8 cm³/mol. The first-order valence-corrected chi connectivity index (χ1v) is 8.29. The van der Waals surface area contributed by atoms with Crippen LogP contribution in [0.3, 0.4) is 0 Å². The van der Waals surface area contributed by atoms with E-state index < -0.39 is 10.5 Å². The van der Waals surface area contributed by atoms with Crippen LogP contribution >= 0.6 is 15.9 Å². The van der Waals surface area contributed by atoms with Crippen LogP contribution in [0.4, 0.5) is 11.4 Å². The zero-order valence-electron chi connectivity index (χ0n) is 13.2. The van der Waals surface area contributed by atoms with Gasteiger partial charge >= 0.3 is 0 Å². The van der Waals surface area contributed by atoms with Crippen molar-refractivity contribution in [2.45, 2.75) is 25.6 Å². The van der Waals surface area contributed by atoms with E-state index in [2.05, 4.69) is 21.2 Å². The lowest BCUT2D eigenvalue weighted by Gasteiger charge is -2.28. The van der Waals surface area contributed by atoms with Crippen molar-refractivity contribution in [2.24, 2.45) is 0 Å². The molecule has 7 heteroatoms. The van der Waals surface area contributed by atoms with Crippen molar-refractivity contribution in [3.05, 3.63) is 68.2 Å². The van der Waals surface area contributed by atoms with Crippen molar-refractivity contribution < 1.29 is 15.1 Å². The predicted octanol–water partition coefficient (Wildman–Crippen LogP) is 3.56. The Kier molecular flexibility index (Phi) is 5.93. The van der Waals surface area contributed by atoms with Gasteiger partial charge in [0.2, 0.25) is 0 Å². The number of nitrogens with zero attached hydrogens (tertiary/aromatic N) is 1. The average molecular weight is 395 g/mol. The van der Waals surface area contributed by atoms with E-state index in [0.717, 1.165) is 10.0 Å². The highest BCUT2D eigenvalue weighted by Crippen LogP contribution is 2.30. The number of nitro benzene ring substituents is 1. The largest absolute Gasteiger partial charge is 0.392 e. The van der Waals surface area contributed by atoms with Crippen LogP contribution in [0.2, 0.25) is 0 Å². The summed E-state index contributed by atoms with van der Waals surface area (Å²) in [6.45, 7) is 1.75. The van der Waals surface area contributed by atoms with E-state index in [1.54, 1.807) is 0 Å². The minimum Gasteiger partial charge on any atom is -0.392 e. The summed E-state index contributed by atoms with van der Waals surface area (Å²) in [6.07, 6.45) is 0.440. The maximum atomic E-state index is 11.2. The number of rotatable bonds is 7. The second-order valence-corrected chi connectivity index (χ2v) is 6.43. The van der Waals surface area contributed by atoms with E-state index in [9.17, 15) is 20.3 Å². The van der Waals surface area contributed by atoms with Gasteiger partial charge in [0.15, 0.2) is 0 Å². The fourth-order valence-electron chi connectivity index (χ4n) is 2.42. The number of hydrogen-bond donors (Lipinski definition) is 3. The van der Waals surface area contributed by atoms with Crippen LogP contribution in [0.25, 0.3) is 0 Å². The highest BCUT2D eigenvalue weighted by molar-refractivity contribution is 9.10. The number of anilines is 1. The number of nitrogens with one attached hydrogen (secondary N) is 1. The zero-order valence-corrected chi connectivity index (χ0v) is 14.8. The van der Waals surface area contributed by atoms with Gasteiger partial charge in [0.1, 0.15) is 11.3 Å². The van der Waals surface area contributed by atoms with E-state index >= 15 is 0 Å². The Morgan fingerprint density at radius 2 is 1.92 bits per heavy atom. The molecule has 2 aromatic carbocycles. The van der Waals surface area contributed by atoms with E-state index in [1.807, 2.05) is 31.2 Å². The third kappa shape index (κ3) is 4.11.